The molecule has 0 radical (unpaired) electrons. The summed E-state index contributed by atoms with van der Waals surface area (Å²) < 4.78 is 6.09. The van der Waals surface area contributed by atoms with Gasteiger partial charge < -0.3 is 9.84 Å². The molecule has 0 aromatic rings. The molecule has 0 heterocycles. The SMILES string of the molecule is CCCCCCCCCC(CCCCCC)(CCCCCC)OC(=O)CCC(=O)O. The van der Waals surface area contributed by atoms with Crippen molar-refractivity contribution in [1.82, 2.24) is 0 Å². The standard InChI is InChI=1S/C26H50O4/c1-4-7-10-13-14-15-18-23-26(21-16-11-8-5-2,22-17-12-9-6-3)30-25(29)20-19-24(27)28/h4-23H2,1-3H3,(H,27,28). The minimum atomic E-state index is -0.935. The molecular weight excluding hydrogens is 376 g/mol. The van der Waals surface area contributed by atoms with Gasteiger partial charge in [0.05, 0.1) is 12.8 Å². The number of hydrogen-bond donors (Lipinski definition) is 1. The Hall–Kier alpha value is -1.06. The fourth-order valence-corrected chi connectivity index (χ4v) is 4.18. The summed E-state index contributed by atoms with van der Waals surface area (Å²) in [7, 11) is 0. The number of esters is 1. The summed E-state index contributed by atoms with van der Waals surface area (Å²) in [4.78, 5) is 23.3. The van der Waals surface area contributed by atoms with E-state index in [4.69, 9.17) is 9.84 Å². The Balaban J connectivity index is 4.90. The Kier molecular flexibility index (Phi) is 19.2. The summed E-state index contributed by atoms with van der Waals surface area (Å²) in [6.45, 7) is 6.66. The molecule has 0 aromatic carbocycles. The molecule has 0 saturated carbocycles. The minimum Gasteiger partial charge on any atom is -0.481 e. The number of carboxylic acid groups (broad SMARTS) is 1. The second kappa shape index (κ2) is 19.9. The molecule has 0 aliphatic rings. The molecule has 0 atom stereocenters. The number of carbonyl (C=O) groups excluding carboxylic acids is 1. The molecule has 0 saturated heterocycles. The van der Waals surface area contributed by atoms with Crippen LogP contribution in [0.2, 0.25) is 0 Å². The van der Waals surface area contributed by atoms with Crippen molar-refractivity contribution in [1.29, 1.82) is 0 Å². The molecule has 0 aliphatic carbocycles. The van der Waals surface area contributed by atoms with Crippen molar-refractivity contribution in [2.24, 2.45) is 0 Å². The molecule has 0 rings (SSSR count). The average Bonchev–Trinajstić information content (AvgIpc) is 2.72. The Morgan fingerprint density at radius 3 is 1.37 bits per heavy atom. The van der Waals surface area contributed by atoms with E-state index in [1.807, 2.05) is 0 Å². The predicted molar refractivity (Wildman–Crippen MR) is 126 cm³/mol. The van der Waals surface area contributed by atoms with Gasteiger partial charge in [-0.1, -0.05) is 97.8 Å². The summed E-state index contributed by atoms with van der Waals surface area (Å²) in [6, 6.07) is 0. The van der Waals surface area contributed by atoms with E-state index in [0.717, 1.165) is 38.5 Å². The monoisotopic (exact) mass is 426 g/mol. The van der Waals surface area contributed by atoms with Crippen molar-refractivity contribution in [3.05, 3.63) is 0 Å². The van der Waals surface area contributed by atoms with Crippen LogP contribution in [0, 0.1) is 0 Å². The van der Waals surface area contributed by atoms with Crippen LogP contribution in [0.4, 0.5) is 0 Å². The molecule has 0 fully saturated rings. The molecule has 0 aliphatic heterocycles. The van der Waals surface area contributed by atoms with E-state index >= 15 is 0 Å². The van der Waals surface area contributed by atoms with Crippen LogP contribution in [0.5, 0.6) is 0 Å². The van der Waals surface area contributed by atoms with Gasteiger partial charge in [0.2, 0.25) is 0 Å². The zero-order chi connectivity index (χ0) is 22.5. The largest absolute Gasteiger partial charge is 0.481 e. The normalized spacial score (nSPS) is 11.6. The molecule has 0 aromatic heterocycles. The molecule has 30 heavy (non-hydrogen) atoms. The molecule has 0 unspecified atom stereocenters. The lowest BCUT2D eigenvalue weighted by Crippen LogP contribution is -2.35. The lowest BCUT2D eigenvalue weighted by atomic mass is 9.84. The second-order valence-corrected chi connectivity index (χ2v) is 9.04. The first-order chi connectivity index (χ1) is 14.5. The predicted octanol–water partition coefficient (Wildman–Crippen LogP) is 8.21. The first kappa shape index (κ1) is 28.9. The van der Waals surface area contributed by atoms with E-state index in [0.29, 0.717) is 0 Å². The fourth-order valence-electron chi connectivity index (χ4n) is 4.18. The highest BCUT2D eigenvalue weighted by atomic mass is 16.6. The molecule has 0 spiro atoms. The minimum absolute atomic E-state index is 0.0159. The first-order valence-corrected chi connectivity index (χ1v) is 12.9. The molecule has 178 valence electrons. The number of unbranched alkanes of at least 4 members (excludes halogenated alkanes) is 12. The van der Waals surface area contributed by atoms with Crippen LogP contribution < -0.4 is 0 Å². The van der Waals surface area contributed by atoms with Gasteiger partial charge in [-0.25, -0.2) is 0 Å². The third kappa shape index (κ3) is 16.7. The van der Waals surface area contributed by atoms with Gasteiger partial charge in [-0.15, -0.1) is 0 Å². The van der Waals surface area contributed by atoms with Gasteiger partial charge >= 0.3 is 11.9 Å². The van der Waals surface area contributed by atoms with Crippen molar-refractivity contribution >= 4 is 11.9 Å². The number of hydrogen-bond acceptors (Lipinski definition) is 3. The molecule has 4 heteroatoms. The molecular formula is C26H50O4. The lowest BCUT2D eigenvalue weighted by molar-refractivity contribution is -0.164. The van der Waals surface area contributed by atoms with E-state index in [-0.39, 0.29) is 24.4 Å². The van der Waals surface area contributed by atoms with E-state index < -0.39 is 5.97 Å². The second-order valence-electron chi connectivity index (χ2n) is 9.04. The van der Waals surface area contributed by atoms with Gasteiger partial charge in [0.1, 0.15) is 5.60 Å². The van der Waals surface area contributed by atoms with Gasteiger partial charge in [0.25, 0.3) is 0 Å². The van der Waals surface area contributed by atoms with Crippen LogP contribution in [-0.4, -0.2) is 22.6 Å². The smallest absolute Gasteiger partial charge is 0.306 e. The van der Waals surface area contributed by atoms with Gasteiger partial charge in [-0.3, -0.25) is 9.59 Å². The zero-order valence-electron chi connectivity index (χ0n) is 20.3. The molecule has 0 amide bonds. The number of aliphatic carboxylic acids is 1. The Morgan fingerprint density at radius 1 is 0.600 bits per heavy atom. The molecule has 1 N–H and O–H groups in total. The van der Waals surface area contributed by atoms with E-state index in [1.54, 1.807) is 0 Å². The van der Waals surface area contributed by atoms with E-state index in [1.165, 1.54) is 77.0 Å². The number of carboxylic acids is 1. The van der Waals surface area contributed by atoms with Crippen LogP contribution in [-0.2, 0) is 14.3 Å². The van der Waals surface area contributed by atoms with Gasteiger partial charge in [-0.05, 0) is 38.5 Å². The maximum atomic E-state index is 12.5. The molecule has 0 bridgehead atoms. The van der Waals surface area contributed by atoms with Crippen molar-refractivity contribution in [2.45, 2.75) is 155 Å². The topological polar surface area (TPSA) is 63.6 Å². The average molecular weight is 427 g/mol. The Morgan fingerprint density at radius 2 is 0.967 bits per heavy atom. The van der Waals surface area contributed by atoms with Crippen LogP contribution in [0.25, 0.3) is 0 Å². The summed E-state index contributed by atoms with van der Waals surface area (Å²) in [5.74, 6) is -1.26. The van der Waals surface area contributed by atoms with E-state index in [9.17, 15) is 9.59 Å². The summed E-state index contributed by atoms with van der Waals surface area (Å²) in [5.41, 5.74) is -0.388. The molecule has 4 nitrogen and oxygen atoms in total. The highest BCUT2D eigenvalue weighted by Crippen LogP contribution is 2.33. The number of carbonyl (C=O) groups is 2. The first-order valence-electron chi connectivity index (χ1n) is 12.9. The summed E-state index contributed by atoms with van der Waals surface area (Å²) >= 11 is 0. The van der Waals surface area contributed by atoms with Crippen molar-refractivity contribution < 1.29 is 19.4 Å². The quantitative estimate of drug-likeness (QED) is 0.140. The lowest BCUT2D eigenvalue weighted by Gasteiger charge is -2.34. The van der Waals surface area contributed by atoms with Crippen molar-refractivity contribution in [2.75, 3.05) is 0 Å². The maximum Gasteiger partial charge on any atom is 0.306 e. The highest BCUT2D eigenvalue weighted by molar-refractivity contribution is 5.76. The Bertz CT molecular complexity index is 407. The number of rotatable bonds is 22. The van der Waals surface area contributed by atoms with Gasteiger partial charge in [-0.2, -0.15) is 0 Å². The summed E-state index contributed by atoms with van der Waals surface area (Å²) in [6.07, 6.45) is 20.7. The van der Waals surface area contributed by atoms with Crippen LogP contribution >= 0.6 is 0 Å². The van der Waals surface area contributed by atoms with Crippen LogP contribution in [0.1, 0.15) is 149 Å². The van der Waals surface area contributed by atoms with Crippen LogP contribution in [0.15, 0.2) is 0 Å². The fraction of sp³-hybridized carbons (Fsp3) is 0.923. The maximum absolute atomic E-state index is 12.5. The van der Waals surface area contributed by atoms with Crippen molar-refractivity contribution in [3.8, 4) is 0 Å². The van der Waals surface area contributed by atoms with Crippen LogP contribution in [0.3, 0.4) is 0 Å². The van der Waals surface area contributed by atoms with Gasteiger partial charge in [0, 0.05) is 0 Å². The zero-order valence-corrected chi connectivity index (χ0v) is 20.3. The van der Waals surface area contributed by atoms with Crippen molar-refractivity contribution in [3.63, 3.8) is 0 Å². The van der Waals surface area contributed by atoms with Gasteiger partial charge in [0.15, 0.2) is 0 Å². The summed E-state index contributed by atoms with van der Waals surface area (Å²) in [5, 5.41) is 8.92. The third-order valence-electron chi connectivity index (χ3n) is 6.08. The highest BCUT2D eigenvalue weighted by Gasteiger charge is 2.33. The Labute approximate surface area is 186 Å². The third-order valence-corrected chi connectivity index (χ3v) is 6.08. The van der Waals surface area contributed by atoms with E-state index in [2.05, 4.69) is 20.8 Å². The number of ether oxygens (including phenoxy) is 1.